The van der Waals surface area contributed by atoms with E-state index in [-0.39, 0.29) is 17.4 Å². The van der Waals surface area contributed by atoms with Gasteiger partial charge in [-0.15, -0.1) is 0 Å². The zero-order chi connectivity index (χ0) is 19.9. The number of carbonyl (C=O) groups excluding carboxylic acids is 2. The quantitative estimate of drug-likeness (QED) is 0.726. The van der Waals surface area contributed by atoms with E-state index in [9.17, 15) is 9.59 Å². The van der Waals surface area contributed by atoms with Crippen LogP contribution < -0.4 is 0 Å². The summed E-state index contributed by atoms with van der Waals surface area (Å²) in [7, 11) is 1.77. The normalized spacial score (nSPS) is 35.5. The van der Waals surface area contributed by atoms with E-state index in [2.05, 4.69) is 15.9 Å². The molecule has 5 fully saturated rings. The highest BCUT2D eigenvalue weighted by atomic mass is 16.2. The fourth-order valence-corrected chi connectivity index (χ4v) is 6.82. The molecule has 1 unspecified atom stereocenters. The van der Waals surface area contributed by atoms with E-state index in [1.807, 2.05) is 6.92 Å². The van der Waals surface area contributed by atoms with Crippen LogP contribution in [-0.4, -0.2) is 72.3 Å². The third-order valence-electron chi connectivity index (χ3n) is 7.93. The van der Waals surface area contributed by atoms with Crippen molar-refractivity contribution in [3.05, 3.63) is 0 Å². The van der Waals surface area contributed by atoms with Gasteiger partial charge in [0.2, 0.25) is 11.8 Å². The highest BCUT2D eigenvalue weighted by Gasteiger charge is 2.55. The van der Waals surface area contributed by atoms with E-state index in [0.717, 1.165) is 63.2 Å². The second-order valence-corrected chi connectivity index (χ2v) is 9.87. The van der Waals surface area contributed by atoms with Gasteiger partial charge in [-0.05, 0) is 63.2 Å². The molecule has 5 aliphatic rings. The molecule has 1 heterocycles. The van der Waals surface area contributed by atoms with Crippen molar-refractivity contribution in [1.82, 2.24) is 14.7 Å². The SMILES string of the molecule is CC(C(=O)N(C)CCC#N)N1CCN(C(=O)C23CC4CC(CC(C4)C2)C3)CC1. The molecule has 0 aromatic carbocycles. The predicted molar refractivity (Wildman–Crippen MR) is 106 cm³/mol. The fraction of sp³-hybridized carbons (Fsp3) is 0.864. The molecule has 4 bridgehead atoms. The molecule has 0 aromatic rings. The van der Waals surface area contributed by atoms with Crippen molar-refractivity contribution in [2.24, 2.45) is 23.2 Å². The monoisotopic (exact) mass is 386 g/mol. The molecule has 1 aliphatic heterocycles. The number of hydrogen-bond acceptors (Lipinski definition) is 4. The standard InChI is InChI=1S/C22H34N4O2/c1-16(20(27)24(2)5-3-4-23)25-6-8-26(9-7-25)21(28)22-13-17-10-18(14-22)12-19(11-17)15-22/h16-19H,3,5-15H2,1-2H3. The first-order chi connectivity index (χ1) is 13.4. The van der Waals surface area contributed by atoms with Gasteiger partial charge in [0, 0.05) is 39.8 Å². The van der Waals surface area contributed by atoms with E-state index in [4.69, 9.17) is 5.26 Å². The summed E-state index contributed by atoms with van der Waals surface area (Å²) in [5, 5.41) is 8.72. The number of carbonyl (C=O) groups is 2. The third kappa shape index (κ3) is 3.54. The van der Waals surface area contributed by atoms with Crippen molar-refractivity contribution in [2.45, 2.75) is 57.9 Å². The summed E-state index contributed by atoms with van der Waals surface area (Å²) in [6.07, 6.45) is 7.81. The number of rotatable bonds is 5. The van der Waals surface area contributed by atoms with E-state index in [1.165, 1.54) is 19.3 Å². The van der Waals surface area contributed by atoms with Crippen molar-refractivity contribution in [3.63, 3.8) is 0 Å². The Morgan fingerprint density at radius 1 is 1.07 bits per heavy atom. The molecule has 4 saturated carbocycles. The Morgan fingerprint density at radius 3 is 2.11 bits per heavy atom. The molecule has 5 rings (SSSR count). The van der Waals surface area contributed by atoms with Crippen LogP contribution in [0.15, 0.2) is 0 Å². The number of hydrogen-bond donors (Lipinski definition) is 0. The lowest BCUT2D eigenvalue weighted by Crippen LogP contribution is -2.60. The third-order valence-corrected chi connectivity index (χ3v) is 7.93. The molecule has 1 atom stereocenters. The first kappa shape index (κ1) is 19.7. The van der Waals surface area contributed by atoms with E-state index in [1.54, 1.807) is 11.9 Å². The average molecular weight is 387 g/mol. The zero-order valence-corrected chi connectivity index (χ0v) is 17.4. The lowest BCUT2D eigenvalue weighted by molar-refractivity contribution is -0.160. The molecular formula is C22H34N4O2. The molecule has 0 spiro atoms. The second-order valence-electron chi connectivity index (χ2n) is 9.87. The average Bonchev–Trinajstić information content (AvgIpc) is 2.69. The smallest absolute Gasteiger partial charge is 0.239 e. The van der Waals surface area contributed by atoms with Crippen LogP contribution in [0.3, 0.4) is 0 Å². The summed E-state index contributed by atoms with van der Waals surface area (Å²) >= 11 is 0. The Labute approximate surface area is 168 Å². The topological polar surface area (TPSA) is 67.7 Å². The van der Waals surface area contributed by atoms with E-state index in [0.29, 0.717) is 18.9 Å². The van der Waals surface area contributed by atoms with Gasteiger partial charge >= 0.3 is 0 Å². The number of amides is 2. The molecule has 2 amide bonds. The lowest BCUT2D eigenvalue weighted by atomic mass is 9.49. The molecule has 0 aromatic heterocycles. The van der Waals surface area contributed by atoms with Crippen molar-refractivity contribution < 1.29 is 9.59 Å². The number of piperazine rings is 1. The Bertz CT molecular complexity index is 627. The summed E-state index contributed by atoms with van der Waals surface area (Å²) < 4.78 is 0. The van der Waals surface area contributed by atoms with Gasteiger partial charge in [-0.2, -0.15) is 5.26 Å². The molecular weight excluding hydrogens is 352 g/mol. The molecule has 154 valence electrons. The van der Waals surface area contributed by atoms with Crippen LogP contribution in [0.4, 0.5) is 0 Å². The number of nitriles is 1. The predicted octanol–water partition coefficient (Wildman–Crippen LogP) is 2.11. The van der Waals surface area contributed by atoms with Crippen molar-refractivity contribution in [3.8, 4) is 6.07 Å². The molecule has 0 radical (unpaired) electrons. The Hall–Kier alpha value is -1.61. The Morgan fingerprint density at radius 2 is 1.61 bits per heavy atom. The van der Waals surface area contributed by atoms with Gasteiger partial charge in [0.1, 0.15) is 0 Å². The van der Waals surface area contributed by atoms with Gasteiger partial charge in [0.15, 0.2) is 0 Å². The van der Waals surface area contributed by atoms with Crippen LogP contribution in [-0.2, 0) is 9.59 Å². The Kier molecular flexibility index (Phi) is 5.39. The molecule has 6 heteroatoms. The summed E-state index contributed by atoms with van der Waals surface area (Å²) in [6.45, 7) is 5.42. The maximum atomic E-state index is 13.5. The van der Waals surface area contributed by atoms with Crippen LogP contribution in [0.1, 0.15) is 51.9 Å². The lowest BCUT2D eigenvalue weighted by Gasteiger charge is -2.57. The molecule has 6 nitrogen and oxygen atoms in total. The molecule has 0 N–H and O–H groups in total. The fourth-order valence-electron chi connectivity index (χ4n) is 6.82. The first-order valence-electron chi connectivity index (χ1n) is 11.1. The van der Waals surface area contributed by atoms with Crippen LogP contribution in [0, 0.1) is 34.5 Å². The van der Waals surface area contributed by atoms with Gasteiger partial charge in [0.05, 0.1) is 23.9 Å². The molecule has 4 aliphatic carbocycles. The number of likely N-dealkylation sites (N-methyl/N-ethyl adjacent to an activating group) is 1. The van der Waals surface area contributed by atoms with E-state index < -0.39 is 0 Å². The minimum Gasteiger partial charge on any atom is -0.343 e. The largest absolute Gasteiger partial charge is 0.343 e. The van der Waals surface area contributed by atoms with Crippen LogP contribution >= 0.6 is 0 Å². The van der Waals surface area contributed by atoms with Crippen LogP contribution in [0.25, 0.3) is 0 Å². The minimum atomic E-state index is -0.194. The summed E-state index contributed by atoms with van der Waals surface area (Å²) in [5.74, 6) is 2.85. The van der Waals surface area contributed by atoms with Gasteiger partial charge in [-0.1, -0.05) is 0 Å². The van der Waals surface area contributed by atoms with Crippen molar-refractivity contribution >= 4 is 11.8 Å². The van der Waals surface area contributed by atoms with Crippen LogP contribution in [0.5, 0.6) is 0 Å². The highest BCUT2D eigenvalue weighted by Crippen LogP contribution is 2.60. The minimum absolute atomic E-state index is 0.0597. The van der Waals surface area contributed by atoms with Gasteiger partial charge < -0.3 is 9.80 Å². The van der Waals surface area contributed by atoms with Gasteiger partial charge in [0.25, 0.3) is 0 Å². The maximum absolute atomic E-state index is 13.5. The maximum Gasteiger partial charge on any atom is 0.239 e. The van der Waals surface area contributed by atoms with Crippen LogP contribution in [0.2, 0.25) is 0 Å². The summed E-state index contributed by atoms with van der Waals surface area (Å²) in [6, 6.07) is 1.90. The van der Waals surface area contributed by atoms with Crippen molar-refractivity contribution in [1.29, 1.82) is 5.26 Å². The van der Waals surface area contributed by atoms with E-state index >= 15 is 0 Å². The van der Waals surface area contributed by atoms with Gasteiger partial charge in [-0.3, -0.25) is 14.5 Å². The zero-order valence-electron chi connectivity index (χ0n) is 17.4. The Balaban J connectivity index is 1.32. The first-order valence-corrected chi connectivity index (χ1v) is 11.1. The summed E-state index contributed by atoms with van der Waals surface area (Å²) in [4.78, 5) is 32.0. The highest BCUT2D eigenvalue weighted by molar-refractivity contribution is 5.84. The second kappa shape index (κ2) is 7.67. The summed E-state index contributed by atoms with van der Waals surface area (Å²) in [5.41, 5.74) is -0.0597. The number of nitrogens with zero attached hydrogens (tertiary/aromatic N) is 4. The van der Waals surface area contributed by atoms with Crippen molar-refractivity contribution in [2.75, 3.05) is 39.8 Å². The molecule has 28 heavy (non-hydrogen) atoms. The van der Waals surface area contributed by atoms with Gasteiger partial charge in [-0.25, -0.2) is 0 Å². The molecule has 1 saturated heterocycles.